The molecular weight excluding hydrogens is 432 g/mol. The summed E-state index contributed by atoms with van der Waals surface area (Å²) < 4.78 is 7.48. The van der Waals surface area contributed by atoms with Crippen molar-refractivity contribution in [1.29, 1.82) is 0 Å². The van der Waals surface area contributed by atoms with Crippen LogP contribution >= 0.6 is 23.4 Å². The number of halogens is 1. The maximum Gasteiger partial charge on any atom is 0.233 e. The van der Waals surface area contributed by atoms with Gasteiger partial charge < -0.3 is 9.73 Å². The van der Waals surface area contributed by atoms with Gasteiger partial charge in [0.1, 0.15) is 5.76 Å². The number of aromatic nitrogens is 3. The molecule has 0 radical (unpaired) electrons. The van der Waals surface area contributed by atoms with Crippen LogP contribution in [0, 0.1) is 0 Å². The van der Waals surface area contributed by atoms with Crippen LogP contribution in [0.2, 0.25) is 5.02 Å². The summed E-state index contributed by atoms with van der Waals surface area (Å²) >= 11 is 7.39. The van der Waals surface area contributed by atoms with Crippen LogP contribution in [0.3, 0.4) is 0 Å². The first-order valence-corrected chi connectivity index (χ1v) is 11.1. The molecule has 4 rings (SSSR count). The van der Waals surface area contributed by atoms with Crippen molar-refractivity contribution in [3.63, 3.8) is 0 Å². The Hall–Kier alpha value is -3.03. The molecule has 0 saturated heterocycles. The van der Waals surface area contributed by atoms with Crippen molar-refractivity contribution in [2.75, 3.05) is 0 Å². The van der Waals surface area contributed by atoms with Crippen molar-refractivity contribution >= 4 is 29.3 Å². The van der Waals surface area contributed by atoms with Gasteiger partial charge in [0.25, 0.3) is 0 Å². The van der Waals surface area contributed by atoms with Crippen molar-refractivity contribution < 1.29 is 9.21 Å². The highest BCUT2D eigenvalue weighted by Crippen LogP contribution is 2.28. The zero-order valence-corrected chi connectivity index (χ0v) is 18.4. The second-order valence-corrected chi connectivity index (χ2v) is 8.69. The lowest BCUT2D eigenvalue weighted by atomic mass is 10.2. The molecule has 0 saturated carbocycles. The summed E-state index contributed by atoms with van der Waals surface area (Å²) in [6.07, 6.45) is 1.63. The Balaban J connectivity index is 1.52. The van der Waals surface area contributed by atoms with Crippen LogP contribution in [0.1, 0.15) is 18.2 Å². The minimum Gasteiger partial charge on any atom is -0.467 e. The Labute approximate surface area is 189 Å². The third-order valence-corrected chi connectivity index (χ3v) is 6.01. The number of rotatable bonds is 8. The number of carbonyl (C=O) groups is 1. The van der Waals surface area contributed by atoms with Gasteiger partial charge in [0, 0.05) is 17.1 Å². The fraction of sp³-hybridized carbons (Fsp3) is 0.174. The number of hydrogen-bond acceptors (Lipinski definition) is 5. The summed E-state index contributed by atoms with van der Waals surface area (Å²) in [5.74, 6) is 1.40. The molecule has 2 aromatic heterocycles. The van der Waals surface area contributed by atoms with Gasteiger partial charge in [0.2, 0.25) is 5.91 Å². The van der Waals surface area contributed by atoms with E-state index in [0.717, 1.165) is 16.9 Å². The predicted molar refractivity (Wildman–Crippen MR) is 122 cm³/mol. The van der Waals surface area contributed by atoms with Crippen LogP contribution in [-0.2, 0) is 17.9 Å². The number of carbonyl (C=O) groups excluding carboxylic acids is 1. The first-order valence-electron chi connectivity index (χ1n) is 9.80. The number of benzene rings is 2. The van der Waals surface area contributed by atoms with E-state index in [1.54, 1.807) is 6.26 Å². The third-order valence-electron chi connectivity index (χ3n) is 4.67. The van der Waals surface area contributed by atoms with Crippen LogP contribution in [0.25, 0.3) is 11.4 Å². The van der Waals surface area contributed by atoms with E-state index in [4.69, 9.17) is 16.0 Å². The fourth-order valence-electron chi connectivity index (χ4n) is 3.03. The average Bonchev–Trinajstić information content (AvgIpc) is 3.44. The van der Waals surface area contributed by atoms with E-state index >= 15 is 0 Å². The van der Waals surface area contributed by atoms with Crippen molar-refractivity contribution in [3.05, 3.63) is 89.3 Å². The van der Waals surface area contributed by atoms with Gasteiger partial charge in [-0.25, -0.2) is 0 Å². The molecule has 0 aliphatic heterocycles. The zero-order chi connectivity index (χ0) is 21.6. The normalized spacial score (nSPS) is 11.9. The van der Waals surface area contributed by atoms with E-state index in [-0.39, 0.29) is 11.2 Å². The van der Waals surface area contributed by atoms with Crippen LogP contribution < -0.4 is 5.32 Å². The van der Waals surface area contributed by atoms with Gasteiger partial charge in [-0.1, -0.05) is 53.7 Å². The second kappa shape index (κ2) is 9.85. The lowest BCUT2D eigenvalue weighted by Gasteiger charge is -2.13. The average molecular weight is 453 g/mol. The van der Waals surface area contributed by atoms with E-state index in [0.29, 0.717) is 29.1 Å². The van der Waals surface area contributed by atoms with Crippen LogP contribution in [-0.4, -0.2) is 25.9 Å². The number of thioether (sulfide) groups is 1. The van der Waals surface area contributed by atoms with Crippen LogP contribution in [0.5, 0.6) is 0 Å². The maximum absolute atomic E-state index is 12.6. The van der Waals surface area contributed by atoms with E-state index in [9.17, 15) is 4.79 Å². The topological polar surface area (TPSA) is 73.0 Å². The molecule has 8 heteroatoms. The summed E-state index contributed by atoms with van der Waals surface area (Å²) in [6, 6.07) is 21.0. The molecule has 4 aromatic rings. The van der Waals surface area contributed by atoms with Crippen LogP contribution in [0.4, 0.5) is 0 Å². The number of nitrogens with zero attached hydrogens (tertiary/aromatic N) is 3. The molecule has 158 valence electrons. The maximum atomic E-state index is 12.6. The third kappa shape index (κ3) is 5.37. The van der Waals surface area contributed by atoms with E-state index in [2.05, 4.69) is 15.5 Å². The first-order chi connectivity index (χ1) is 15.1. The number of furan rings is 1. The van der Waals surface area contributed by atoms with Crippen molar-refractivity contribution in [3.8, 4) is 11.4 Å². The van der Waals surface area contributed by atoms with Crippen molar-refractivity contribution in [2.45, 2.75) is 30.4 Å². The molecule has 0 aliphatic carbocycles. The SMILES string of the molecule is CC(Sc1nnc(-c2ccc(Cl)cc2)n1Cc1ccco1)C(=O)NCc1ccccc1. The highest BCUT2D eigenvalue weighted by Gasteiger charge is 2.21. The van der Waals surface area contributed by atoms with Crippen molar-refractivity contribution in [2.24, 2.45) is 0 Å². The van der Waals surface area contributed by atoms with Gasteiger partial charge in [-0.2, -0.15) is 0 Å². The highest BCUT2D eigenvalue weighted by molar-refractivity contribution is 8.00. The number of nitrogens with one attached hydrogen (secondary N) is 1. The molecule has 0 spiro atoms. The van der Waals surface area contributed by atoms with Gasteiger partial charge in [0.05, 0.1) is 18.1 Å². The predicted octanol–water partition coefficient (Wildman–Crippen LogP) is 5.04. The zero-order valence-electron chi connectivity index (χ0n) is 16.9. The van der Waals surface area contributed by atoms with Gasteiger partial charge >= 0.3 is 0 Å². The number of hydrogen-bond donors (Lipinski definition) is 1. The molecule has 0 aliphatic rings. The highest BCUT2D eigenvalue weighted by atomic mass is 35.5. The van der Waals surface area contributed by atoms with E-state index in [1.807, 2.05) is 78.2 Å². The molecule has 2 aromatic carbocycles. The first kappa shape index (κ1) is 21.2. The summed E-state index contributed by atoms with van der Waals surface area (Å²) in [5.41, 5.74) is 1.94. The minimum atomic E-state index is -0.346. The number of amides is 1. The largest absolute Gasteiger partial charge is 0.467 e. The fourth-order valence-corrected chi connectivity index (χ4v) is 4.03. The molecule has 0 bridgehead atoms. The molecule has 1 amide bonds. The van der Waals surface area contributed by atoms with Gasteiger partial charge in [0.15, 0.2) is 11.0 Å². The lowest BCUT2D eigenvalue weighted by Crippen LogP contribution is -2.30. The van der Waals surface area contributed by atoms with Gasteiger partial charge in [-0.05, 0) is 48.9 Å². The Kier molecular flexibility index (Phi) is 6.74. The smallest absolute Gasteiger partial charge is 0.233 e. The Morgan fingerprint density at radius 1 is 1.10 bits per heavy atom. The van der Waals surface area contributed by atoms with Gasteiger partial charge in [-0.3, -0.25) is 9.36 Å². The minimum absolute atomic E-state index is 0.0607. The molecule has 0 fully saturated rings. The molecule has 6 nitrogen and oxygen atoms in total. The summed E-state index contributed by atoms with van der Waals surface area (Å²) in [6.45, 7) is 2.80. The molecule has 1 N–H and O–H groups in total. The molecular formula is C23H21ClN4O2S. The second-order valence-electron chi connectivity index (χ2n) is 6.94. The monoisotopic (exact) mass is 452 g/mol. The van der Waals surface area contributed by atoms with Crippen molar-refractivity contribution in [1.82, 2.24) is 20.1 Å². The van der Waals surface area contributed by atoms with Crippen LogP contribution in [0.15, 0.2) is 82.6 Å². The Morgan fingerprint density at radius 2 is 1.87 bits per heavy atom. The Bertz CT molecular complexity index is 1130. The summed E-state index contributed by atoms with van der Waals surface area (Å²) in [7, 11) is 0. The van der Waals surface area contributed by atoms with E-state index < -0.39 is 0 Å². The summed E-state index contributed by atoms with van der Waals surface area (Å²) in [4.78, 5) is 12.6. The molecule has 2 heterocycles. The quantitative estimate of drug-likeness (QED) is 0.379. The molecule has 31 heavy (non-hydrogen) atoms. The Morgan fingerprint density at radius 3 is 2.58 bits per heavy atom. The lowest BCUT2D eigenvalue weighted by molar-refractivity contribution is -0.120. The van der Waals surface area contributed by atoms with Gasteiger partial charge in [-0.15, -0.1) is 10.2 Å². The van der Waals surface area contributed by atoms with E-state index in [1.165, 1.54) is 11.8 Å². The standard InChI is InChI=1S/C23H21ClN4O2S/c1-16(22(29)25-14-17-6-3-2-4-7-17)31-23-27-26-21(18-9-11-19(24)12-10-18)28(23)15-20-8-5-13-30-20/h2-13,16H,14-15H2,1H3,(H,25,29). The molecule has 1 atom stereocenters. The molecule has 1 unspecified atom stereocenters. The summed E-state index contributed by atoms with van der Waals surface area (Å²) in [5, 5.41) is 12.7.